The molecule has 2 atom stereocenters. The average molecular weight is 229 g/mol. The molecule has 2 heterocycles. The van der Waals surface area contributed by atoms with Crippen LogP contribution in [0.2, 0.25) is 0 Å². The Bertz CT molecular complexity index is 312. The molecule has 3 nitrogen and oxygen atoms in total. The molecule has 2 rings (SSSR count). The number of amides is 1. The second-order valence-corrected chi connectivity index (χ2v) is 4.70. The van der Waals surface area contributed by atoms with Crippen molar-refractivity contribution in [2.24, 2.45) is 0 Å². The van der Waals surface area contributed by atoms with E-state index in [-0.39, 0.29) is 18.1 Å². The molecular formula is C9H11NO2S2. The summed E-state index contributed by atoms with van der Waals surface area (Å²) < 4.78 is 6.93. The fourth-order valence-corrected chi connectivity index (χ4v) is 3.24. The molecule has 0 bridgehead atoms. The molecule has 0 saturated carbocycles. The number of carbonyl (C=O) groups excluding carboxylic acids is 1. The number of rotatable bonds is 3. The minimum absolute atomic E-state index is 0.0680. The summed E-state index contributed by atoms with van der Waals surface area (Å²) in [6.45, 7) is 0. The van der Waals surface area contributed by atoms with E-state index in [1.165, 1.54) is 16.8 Å². The van der Waals surface area contributed by atoms with Gasteiger partial charge in [0.05, 0.1) is 0 Å². The minimum atomic E-state index is -0.291. The molecule has 1 aliphatic rings. The van der Waals surface area contributed by atoms with Crippen LogP contribution in [-0.2, 0) is 9.53 Å². The molecule has 1 saturated heterocycles. The average Bonchev–Trinajstić information content (AvgIpc) is 2.67. The van der Waals surface area contributed by atoms with Crippen LogP contribution in [0, 0.1) is 0 Å². The molecule has 0 N–H and O–H groups in total. The monoisotopic (exact) mass is 229 g/mol. The maximum Gasteiger partial charge on any atom is 0.264 e. The summed E-state index contributed by atoms with van der Waals surface area (Å²) in [7, 11) is 1.58. The lowest BCUT2D eigenvalue weighted by Crippen LogP contribution is -2.55. The number of carbonyl (C=O) groups is 1. The normalized spacial score (nSPS) is 26.4. The number of ether oxygens (including phenoxy) is 1. The van der Waals surface area contributed by atoms with E-state index < -0.39 is 0 Å². The van der Waals surface area contributed by atoms with E-state index >= 15 is 0 Å². The highest BCUT2D eigenvalue weighted by Crippen LogP contribution is 2.42. The van der Waals surface area contributed by atoms with Crippen molar-refractivity contribution < 1.29 is 9.53 Å². The maximum absolute atomic E-state index is 11.5. The first-order chi connectivity index (χ1) is 6.79. The van der Waals surface area contributed by atoms with Crippen molar-refractivity contribution in [1.82, 2.24) is 4.31 Å². The second kappa shape index (κ2) is 3.92. The number of hydrogen-bond donors (Lipinski definition) is 0. The van der Waals surface area contributed by atoms with Crippen LogP contribution in [0.1, 0.15) is 10.9 Å². The van der Waals surface area contributed by atoms with Gasteiger partial charge in [0.25, 0.3) is 5.91 Å². The van der Waals surface area contributed by atoms with E-state index in [1.54, 1.807) is 22.8 Å². The molecule has 1 aromatic heterocycles. The predicted molar refractivity (Wildman–Crippen MR) is 58.2 cm³/mol. The molecule has 0 spiro atoms. The molecule has 0 aromatic carbocycles. The Morgan fingerprint density at radius 2 is 2.43 bits per heavy atom. The van der Waals surface area contributed by atoms with Gasteiger partial charge in [-0.05, 0) is 11.4 Å². The van der Waals surface area contributed by atoms with Crippen LogP contribution < -0.4 is 0 Å². The highest BCUT2D eigenvalue weighted by molar-refractivity contribution is 7.96. The van der Waals surface area contributed by atoms with Gasteiger partial charge in [-0.15, -0.1) is 11.3 Å². The van der Waals surface area contributed by atoms with Crippen molar-refractivity contribution in [3.8, 4) is 0 Å². The van der Waals surface area contributed by atoms with Gasteiger partial charge in [-0.1, -0.05) is 18.0 Å². The Labute approximate surface area is 91.2 Å². The van der Waals surface area contributed by atoms with E-state index in [4.69, 9.17) is 4.74 Å². The molecule has 76 valence electrons. The molecule has 0 aliphatic carbocycles. The number of methoxy groups -OCH3 is 1. The van der Waals surface area contributed by atoms with Crippen LogP contribution in [-0.4, -0.2) is 29.7 Å². The summed E-state index contributed by atoms with van der Waals surface area (Å²) in [5.41, 5.74) is 0. The highest BCUT2D eigenvalue weighted by atomic mass is 32.2. The molecular weight excluding hydrogens is 218 g/mol. The van der Waals surface area contributed by atoms with Crippen LogP contribution in [0.15, 0.2) is 17.5 Å². The van der Waals surface area contributed by atoms with E-state index in [9.17, 15) is 4.79 Å². The quantitative estimate of drug-likeness (QED) is 0.586. The van der Waals surface area contributed by atoms with Gasteiger partial charge in [-0.25, -0.2) is 0 Å². The molecule has 0 radical (unpaired) electrons. The lowest BCUT2D eigenvalue weighted by atomic mass is 10.0. The van der Waals surface area contributed by atoms with Crippen molar-refractivity contribution in [3.63, 3.8) is 0 Å². The summed E-state index contributed by atoms with van der Waals surface area (Å²) >= 11 is 3.12. The minimum Gasteiger partial charge on any atom is -0.369 e. The van der Waals surface area contributed by atoms with Crippen molar-refractivity contribution in [2.75, 3.05) is 13.4 Å². The summed E-state index contributed by atoms with van der Waals surface area (Å²) in [5.74, 6) is 0.0680. The topological polar surface area (TPSA) is 29.5 Å². The van der Waals surface area contributed by atoms with Crippen LogP contribution in [0.5, 0.6) is 0 Å². The Morgan fingerprint density at radius 1 is 1.64 bits per heavy atom. The number of nitrogens with zero attached hydrogens (tertiary/aromatic N) is 1. The first-order valence-corrected chi connectivity index (χ1v) is 6.29. The molecule has 1 aromatic rings. The van der Waals surface area contributed by atoms with Gasteiger partial charge in [0.15, 0.2) is 6.10 Å². The third kappa shape index (κ3) is 1.36. The van der Waals surface area contributed by atoms with Crippen molar-refractivity contribution in [1.29, 1.82) is 0 Å². The Balaban J connectivity index is 2.21. The largest absolute Gasteiger partial charge is 0.369 e. The molecule has 2 unspecified atom stereocenters. The summed E-state index contributed by atoms with van der Waals surface area (Å²) in [4.78, 5) is 12.7. The number of thiophene rings is 1. The molecule has 5 heteroatoms. The van der Waals surface area contributed by atoms with E-state index in [1.807, 2.05) is 23.8 Å². The van der Waals surface area contributed by atoms with E-state index in [0.29, 0.717) is 0 Å². The Hall–Kier alpha value is -0.520. The van der Waals surface area contributed by atoms with Gasteiger partial charge in [0.1, 0.15) is 6.04 Å². The zero-order valence-corrected chi connectivity index (χ0v) is 9.60. The van der Waals surface area contributed by atoms with Gasteiger partial charge in [0.2, 0.25) is 0 Å². The van der Waals surface area contributed by atoms with Gasteiger partial charge >= 0.3 is 0 Å². The molecule has 1 aliphatic heterocycles. The summed E-state index contributed by atoms with van der Waals surface area (Å²) in [5, 5.41) is 2.02. The second-order valence-electron chi connectivity index (χ2n) is 2.96. The Morgan fingerprint density at radius 3 is 2.93 bits per heavy atom. The zero-order valence-electron chi connectivity index (χ0n) is 7.97. The molecule has 1 amide bonds. The van der Waals surface area contributed by atoms with Crippen LogP contribution in [0.25, 0.3) is 0 Å². The number of β-lactam (4-membered cyclic amide) rings is 1. The van der Waals surface area contributed by atoms with Gasteiger partial charge in [0, 0.05) is 18.2 Å². The van der Waals surface area contributed by atoms with E-state index in [0.717, 1.165) is 0 Å². The summed E-state index contributed by atoms with van der Waals surface area (Å²) in [6.07, 6.45) is 1.62. The van der Waals surface area contributed by atoms with Gasteiger partial charge in [-0.2, -0.15) is 0 Å². The fourth-order valence-electron chi connectivity index (χ4n) is 1.60. The SMILES string of the molecule is COC1C(=O)N(SC)C1c1cccs1. The lowest BCUT2D eigenvalue weighted by Gasteiger charge is -2.43. The third-order valence-electron chi connectivity index (χ3n) is 2.29. The van der Waals surface area contributed by atoms with Gasteiger partial charge in [-0.3, -0.25) is 9.10 Å². The summed E-state index contributed by atoms with van der Waals surface area (Å²) in [6, 6.07) is 4.13. The first-order valence-electron chi connectivity index (χ1n) is 4.23. The highest BCUT2D eigenvalue weighted by Gasteiger charge is 2.49. The maximum atomic E-state index is 11.5. The fraction of sp³-hybridized carbons (Fsp3) is 0.444. The number of hydrogen-bond acceptors (Lipinski definition) is 4. The van der Waals surface area contributed by atoms with Crippen molar-refractivity contribution in [3.05, 3.63) is 22.4 Å². The smallest absolute Gasteiger partial charge is 0.264 e. The lowest BCUT2D eigenvalue weighted by molar-refractivity contribution is -0.158. The molecule has 1 fully saturated rings. The van der Waals surface area contributed by atoms with Gasteiger partial charge < -0.3 is 4.74 Å². The Kier molecular flexibility index (Phi) is 2.80. The first kappa shape index (κ1) is 10.0. The predicted octanol–water partition coefficient (Wildman–Crippen LogP) is 1.92. The van der Waals surface area contributed by atoms with Crippen molar-refractivity contribution in [2.45, 2.75) is 12.1 Å². The van der Waals surface area contributed by atoms with Crippen molar-refractivity contribution >= 4 is 29.2 Å². The van der Waals surface area contributed by atoms with Crippen LogP contribution in [0.4, 0.5) is 0 Å². The van der Waals surface area contributed by atoms with Crippen LogP contribution >= 0.6 is 23.3 Å². The standard InChI is InChI=1S/C9H11NO2S2/c1-12-8-7(6-4-3-5-14-6)10(13-2)9(8)11/h3-5,7-8H,1-2H3. The zero-order chi connectivity index (χ0) is 10.1. The van der Waals surface area contributed by atoms with Crippen LogP contribution in [0.3, 0.4) is 0 Å². The third-order valence-corrected chi connectivity index (χ3v) is 4.03. The van der Waals surface area contributed by atoms with E-state index in [2.05, 4.69) is 0 Å². The molecule has 14 heavy (non-hydrogen) atoms.